The minimum absolute atomic E-state index is 0.0151. The van der Waals surface area contributed by atoms with Crippen molar-refractivity contribution < 1.29 is 9.59 Å². The number of rotatable bonds is 4. The fourth-order valence-electron chi connectivity index (χ4n) is 3.85. The van der Waals surface area contributed by atoms with Crippen LogP contribution >= 0.6 is 11.8 Å². The maximum atomic E-state index is 13.2. The first-order valence-electron chi connectivity index (χ1n) is 9.42. The first-order chi connectivity index (χ1) is 12.1. The van der Waals surface area contributed by atoms with Gasteiger partial charge in [-0.05, 0) is 37.8 Å². The quantitative estimate of drug-likeness (QED) is 0.890. The van der Waals surface area contributed by atoms with E-state index in [0.29, 0.717) is 11.3 Å². The molecule has 1 saturated carbocycles. The Hall–Kier alpha value is -1.49. The third-order valence-corrected chi connectivity index (χ3v) is 6.76. The average Bonchev–Trinajstić information content (AvgIpc) is 3.06. The molecule has 2 amide bonds. The van der Waals surface area contributed by atoms with Gasteiger partial charge in [0.1, 0.15) is 6.04 Å². The number of nitrogens with one attached hydrogen (secondary N) is 1. The highest BCUT2D eigenvalue weighted by molar-refractivity contribution is 8.00. The zero-order chi connectivity index (χ0) is 17.8. The van der Waals surface area contributed by atoms with Crippen LogP contribution in [0.25, 0.3) is 0 Å². The molecule has 5 heteroatoms. The SMILES string of the molecule is CCC1SCC(C(=O)NC2CCCCC2)N1C(=O)c1ccccc1C. The lowest BCUT2D eigenvalue weighted by atomic mass is 9.95. The Morgan fingerprint density at radius 3 is 2.60 bits per heavy atom. The van der Waals surface area contributed by atoms with E-state index < -0.39 is 0 Å². The van der Waals surface area contributed by atoms with Gasteiger partial charge in [-0.15, -0.1) is 11.8 Å². The lowest BCUT2D eigenvalue weighted by Gasteiger charge is -2.31. The first kappa shape index (κ1) is 18.3. The van der Waals surface area contributed by atoms with Crippen LogP contribution in [0, 0.1) is 6.92 Å². The topological polar surface area (TPSA) is 49.4 Å². The van der Waals surface area contributed by atoms with Crippen molar-refractivity contribution in [3.05, 3.63) is 35.4 Å². The van der Waals surface area contributed by atoms with Crippen molar-refractivity contribution in [3.8, 4) is 0 Å². The molecule has 136 valence electrons. The summed E-state index contributed by atoms with van der Waals surface area (Å²) in [6.45, 7) is 4.03. The van der Waals surface area contributed by atoms with E-state index in [1.807, 2.05) is 36.1 Å². The number of carbonyl (C=O) groups excluding carboxylic acids is 2. The lowest BCUT2D eigenvalue weighted by Crippen LogP contribution is -2.52. The summed E-state index contributed by atoms with van der Waals surface area (Å²) in [5.41, 5.74) is 1.67. The summed E-state index contributed by atoms with van der Waals surface area (Å²) in [5.74, 6) is 0.699. The number of hydrogen-bond donors (Lipinski definition) is 1. The van der Waals surface area contributed by atoms with Crippen LogP contribution in [0.15, 0.2) is 24.3 Å². The van der Waals surface area contributed by atoms with E-state index in [-0.39, 0.29) is 29.3 Å². The van der Waals surface area contributed by atoms with Crippen LogP contribution in [-0.2, 0) is 4.79 Å². The summed E-state index contributed by atoms with van der Waals surface area (Å²) in [5, 5.41) is 3.29. The molecule has 1 aromatic carbocycles. The van der Waals surface area contributed by atoms with Crippen molar-refractivity contribution in [2.75, 3.05) is 5.75 Å². The highest BCUT2D eigenvalue weighted by Gasteiger charge is 2.41. The fourth-order valence-corrected chi connectivity index (χ4v) is 5.20. The van der Waals surface area contributed by atoms with Crippen molar-refractivity contribution in [1.29, 1.82) is 0 Å². The molecule has 2 fully saturated rings. The summed E-state index contributed by atoms with van der Waals surface area (Å²) < 4.78 is 0. The molecule has 25 heavy (non-hydrogen) atoms. The molecule has 1 aliphatic carbocycles. The molecule has 1 N–H and O–H groups in total. The van der Waals surface area contributed by atoms with Gasteiger partial charge in [0.25, 0.3) is 5.91 Å². The molecule has 2 atom stereocenters. The molecule has 3 rings (SSSR count). The maximum absolute atomic E-state index is 13.2. The molecule has 1 aliphatic heterocycles. The maximum Gasteiger partial charge on any atom is 0.255 e. The van der Waals surface area contributed by atoms with Gasteiger partial charge in [-0.1, -0.05) is 44.4 Å². The number of benzene rings is 1. The van der Waals surface area contributed by atoms with Crippen molar-refractivity contribution in [2.45, 2.75) is 69.8 Å². The van der Waals surface area contributed by atoms with E-state index in [4.69, 9.17) is 0 Å². The second kappa shape index (κ2) is 8.26. The summed E-state index contributed by atoms with van der Waals surface area (Å²) in [6.07, 6.45) is 6.63. The van der Waals surface area contributed by atoms with Gasteiger partial charge in [-0.3, -0.25) is 9.59 Å². The van der Waals surface area contributed by atoms with Gasteiger partial charge in [0, 0.05) is 17.4 Å². The molecule has 4 nitrogen and oxygen atoms in total. The van der Waals surface area contributed by atoms with Crippen LogP contribution in [0.1, 0.15) is 61.4 Å². The third kappa shape index (κ3) is 4.02. The van der Waals surface area contributed by atoms with Crippen LogP contribution in [0.5, 0.6) is 0 Å². The second-order valence-electron chi connectivity index (χ2n) is 7.08. The number of hydrogen-bond acceptors (Lipinski definition) is 3. The second-order valence-corrected chi connectivity index (χ2v) is 8.29. The number of amides is 2. The molecule has 0 bridgehead atoms. The van der Waals surface area contributed by atoms with Crippen LogP contribution in [0.3, 0.4) is 0 Å². The number of nitrogens with zero attached hydrogens (tertiary/aromatic N) is 1. The lowest BCUT2D eigenvalue weighted by molar-refractivity contribution is -0.125. The van der Waals surface area contributed by atoms with E-state index in [9.17, 15) is 9.59 Å². The van der Waals surface area contributed by atoms with Gasteiger partial charge in [-0.25, -0.2) is 0 Å². The molecular weight excluding hydrogens is 332 g/mol. The minimum atomic E-state index is -0.357. The smallest absolute Gasteiger partial charge is 0.255 e. The number of carbonyl (C=O) groups is 2. The molecule has 0 aromatic heterocycles. The molecule has 0 spiro atoms. The molecule has 2 aliphatic rings. The van der Waals surface area contributed by atoms with Gasteiger partial charge in [-0.2, -0.15) is 0 Å². The molecule has 2 unspecified atom stereocenters. The Kier molecular flexibility index (Phi) is 6.05. The Morgan fingerprint density at radius 1 is 1.20 bits per heavy atom. The summed E-state index contributed by atoms with van der Waals surface area (Å²) >= 11 is 1.72. The van der Waals surface area contributed by atoms with Gasteiger partial charge < -0.3 is 10.2 Å². The Bertz CT molecular complexity index is 628. The summed E-state index contributed by atoms with van der Waals surface area (Å²) in [4.78, 5) is 27.9. The van der Waals surface area contributed by atoms with Gasteiger partial charge in [0.15, 0.2) is 0 Å². The Morgan fingerprint density at radius 2 is 1.92 bits per heavy atom. The van der Waals surface area contributed by atoms with Crippen LogP contribution < -0.4 is 5.32 Å². The monoisotopic (exact) mass is 360 g/mol. The highest BCUT2D eigenvalue weighted by Crippen LogP contribution is 2.33. The molecule has 1 aromatic rings. The summed E-state index contributed by atoms with van der Waals surface area (Å²) in [7, 11) is 0. The highest BCUT2D eigenvalue weighted by atomic mass is 32.2. The Balaban J connectivity index is 1.77. The van der Waals surface area contributed by atoms with Crippen LogP contribution in [0.4, 0.5) is 0 Å². The van der Waals surface area contributed by atoms with Crippen molar-refractivity contribution in [3.63, 3.8) is 0 Å². The van der Waals surface area contributed by atoms with E-state index in [2.05, 4.69) is 12.2 Å². The predicted molar refractivity (Wildman–Crippen MR) is 103 cm³/mol. The first-order valence-corrected chi connectivity index (χ1v) is 10.5. The largest absolute Gasteiger partial charge is 0.352 e. The van der Waals surface area contributed by atoms with E-state index in [1.54, 1.807) is 11.8 Å². The average molecular weight is 361 g/mol. The normalized spacial score (nSPS) is 24.3. The van der Waals surface area contributed by atoms with Gasteiger partial charge in [0.2, 0.25) is 5.91 Å². The van der Waals surface area contributed by atoms with E-state index in [1.165, 1.54) is 19.3 Å². The van der Waals surface area contributed by atoms with E-state index >= 15 is 0 Å². The van der Waals surface area contributed by atoms with E-state index in [0.717, 1.165) is 24.8 Å². The van der Waals surface area contributed by atoms with Crippen molar-refractivity contribution in [1.82, 2.24) is 10.2 Å². The van der Waals surface area contributed by atoms with Crippen molar-refractivity contribution >= 4 is 23.6 Å². The zero-order valence-corrected chi connectivity index (χ0v) is 16.0. The third-order valence-electron chi connectivity index (χ3n) is 5.31. The minimum Gasteiger partial charge on any atom is -0.352 e. The van der Waals surface area contributed by atoms with Gasteiger partial charge in [0.05, 0.1) is 5.37 Å². The number of aryl methyl sites for hydroxylation is 1. The molecule has 0 radical (unpaired) electrons. The standard InChI is InChI=1S/C20H28N2O2S/c1-3-18-22(20(24)16-12-8-7-9-14(16)2)17(13-25-18)19(23)21-15-10-5-4-6-11-15/h7-9,12,15,17-18H,3-6,10-11,13H2,1-2H3,(H,21,23). The molecule has 1 heterocycles. The molecule has 1 saturated heterocycles. The number of thioether (sulfide) groups is 1. The van der Waals surface area contributed by atoms with Crippen LogP contribution in [0.2, 0.25) is 0 Å². The fraction of sp³-hybridized carbons (Fsp3) is 0.600. The molecular formula is C20H28N2O2S. The zero-order valence-electron chi connectivity index (χ0n) is 15.2. The van der Waals surface area contributed by atoms with Crippen LogP contribution in [-0.4, -0.2) is 39.9 Å². The van der Waals surface area contributed by atoms with Crippen molar-refractivity contribution in [2.24, 2.45) is 0 Å². The van der Waals surface area contributed by atoms with Gasteiger partial charge >= 0.3 is 0 Å². The Labute approximate surface area is 154 Å². The predicted octanol–water partition coefficient (Wildman–Crippen LogP) is 3.74. The summed E-state index contributed by atoms with van der Waals surface area (Å²) in [6, 6.07) is 7.57.